The van der Waals surface area contributed by atoms with E-state index in [1.54, 1.807) is 37.3 Å². The van der Waals surface area contributed by atoms with Gasteiger partial charge in [-0.1, -0.05) is 31.2 Å². The van der Waals surface area contributed by atoms with E-state index in [1.807, 2.05) is 0 Å². The van der Waals surface area contributed by atoms with Crippen LogP contribution in [0.4, 0.5) is 24.7 Å². The third-order valence-corrected chi connectivity index (χ3v) is 2.95. The van der Waals surface area contributed by atoms with Crippen LogP contribution in [-0.2, 0) is 11.0 Å². The molecule has 110 valence electrons. The van der Waals surface area contributed by atoms with Crippen LogP contribution in [0.1, 0.15) is 24.1 Å². The molecule has 2 aromatic rings. The van der Waals surface area contributed by atoms with Gasteiger partial charge in [-0.15, -0.1) is 0 Å². The van der Waals surface area contributed by atoms with Gasteiger partial charge in [-0.2, -0.15) is 13.2 Å². The number of aromatic nitrogens is 1. The minimum atomic E-state index is -4.53. The van der Waals surface area contributed by atoms with Crippen LogP contribution in [0, 0.1) is 0 Å². The second kappa shape index (κ2) is 5.95. The highest BCUT2D eigenvalue weighted by Crippen LogP contribution is 2.32. The molecular formula is C15H13F3N2O. The number of anilines is 2. The summed E-state index contributed by atoms with van der Waals surface area (Å²) < 4.78 is 38.3. The molecule has 0 fully saturated rings. The monoisotopic (exact) mass is 294 g/mol. The molecule has 1 aromatic heterocycles. The number of carbonyl (C=O) groups is 1. The highest BCUT2D eigenvalue weighted by atomic mass is 19.4. The van der Waals surface area contributed by atoms with Gasteiger partial charge in [0.25, 0.3) is 0 Å². The maximum atomic E-state index is 12.8. The molecule has 0 bridgehead atoms. The fraction of sp³-hybridized carbons (Fsp3) is 0.200. The molecule has 0 saturated carbocycles. The number of pyridine rings is 1. The molecule has 0 amide bonds. The number of hydrogen-bond donors (Lipinski definition) is 1. The van der Waals surface area contributed by atoms with Crippen molar-refractivity contribution in [1.29, 1.82) is 0 Å². The van der Waals surface area contributed by atoms with E-state index in [4.69, 9.17) is 0 Å². The zero-order valence-corrected chi connectivity index (χ0v) is 11.2. The number of para-hydroxylation sites is 1. The fourth-order valence-electron chi connectivity index (χ4n) is 1.83. The van der Waals surface area contributed by atoms with E-state index in [1.165, 1.54) is 6.07 Å². The summed E-state index contributed by atoms with van der Waals surface area (Å²) in [5.41, 5.74) is 0.0216. The van der Waals surface area contributed by atoms with Gasteiger partial charge in [-0.05, 0) is 18.2 Å². The second-order valence-corrected chi connectivity index (χ2v) is 4.55. The van der Waals surface area contributed by atoms with Crippen LogP contribution in [-0.4, -0.2) is 11.3 Å². The molecule has 21 heavy (non-hydrogen) atoms. The zero-order valence-electron chi connectivity index (χ0n) is 11.2. The Balaban J connectivity index is 2.45. The summed E-state index contributed by atoms with van der Waals surface area (Å²) in [4.78, 5) is 14.5. The van der Waals surface area contributed by atoms with E-state index in [2.05, 4.69) is 10.3 Å². The van der Waals surface area contributed by atoms with Crippen LogP contribution < -0.4 is 5.32 Å². The Morgan fingerprint density at radius 1 is 1.14 bits per heavy atom. The van der Waals surface area contributed by atoms with Crippen molar-refractivity contribution in [2.45, 2.75) is 19.0 Å². The Kier molecular flexibility index (Phi) is 4.26. The predicted octanol–water partition coefficient (Wildman–Crippen LogP) is 4.15. The molecule has 0 aliphatic rings. The first-order chi connectivity index (χ1) is 9.91. The minimum Gasteiger partial charge on any atom is -0.340 e. The molecule has 6 heteroatoms. The summed E-state index contributed by atoms with van der Waals surface area (Å²) in [5.74, 6) is -0.512. The van der Waals surface area contributed by atoms with Gasteiger partial charge in [-0.25, -0.2) is 4.98 Å². The molecule has 1 unspecified atom stereocenters. The predicted molar refractivity (Wildman–Crippen MR) is 73.4 cm³/mol. The molecular weight excluding hydrogens is 281 g/mol. The van der Waals surface area contributed by atoms with Gasteiger partial charge < -0.3 is 10.1 Å². The number of nitrogens with zero attached hydrogens (tertiary/aromatic N) is 1. The van der Waals surface area contributed by atoms with Crippen molar-refractivity contribution < 1.29 is 18.0 Å². The largest absolute Gasteiger partial charge is 0.433 e. The Labute approximate surface area is 119 Å². The Bertz CT molecular complexity index is 627. The molecule has 1 atom stereocenters. The number of carbonyl (C=O) groups excluding carboxylic acids is 1. The van der Waals surface area contributed by atoms with Crippen molar-refractivity contribution in [3.05, 3.63) is 53.7 Å². The lowest BCUT2D eigenvalue weighted by Crippen LogP contribution is -2.12. The van der Waals surface area contributed by atoms with Gasteiger partial charge in [0.05, 0.1) is 0 Å². The lowest BCUT2D eigenvalue weighted by molar-refractivity contribution is -0.141. The smallest absolute Gasteiger partial charge is 0.340 e. The molecule has 1 N–H and O–H groups in total. The van der Waals surface area contributed by atoms with E-state index in [0.717, 1.165) is 6.07 Å². The van der Waals surface area contributed by atoms with Gasteiger partial charge in [0.15, 0.2) is 0 Å². The number of benzene rings is 1. The molecule has 3 nitrogen and oxygen atoms in total. The lowest BCUT2D eigenvalue weighted by Gasteiger charge is -2.15. The van der Waals surface area contributed by atoms with Gasteiger partial charge in [0, 0.05) is 17.2 Å². The number of aldehydes is 1. The maximum Gasteiger partial charge on any atom is 0.433 e. The molecule has 0 aliphatic carbocycles. The van der Waals surface area contributed by atoms with Gasteiger partial charge in [0.2, 0.25) is 0 Å². The van der Waals surface area contributed by atoms with Crippen LogP contribution >= 0.6 is 0 Å². The quantitative estimate of drug-likeness (QED) is 0.861. The highest BCUT2D eigenvalue weighted by Gasteiger charge is 2.33. The normalized spacial score (nSPS) is 12.8. The standard InChI is InChI=1S/C15H13F3N2O/c1-10(9-21)12-7-8-13(15(16,17)18)20-14(12)19-11-5-3-2-4-6-11/h2-10H,1H3,(H,19,20). The fourth-order valence-corrected chi connectivity index (χ4v) is 1.83. The van der Waals surface area contributed by atoms with Crippen LogP contribution in [0.5, 0.6) is 0 Å². The number of rotatable bonds is 4. The summed E-state index contributed by atoms with van der Waals surface area (Å²) in [6, 6.07) is 10.9. The number of hydrogen-bond acceptors (Lipinski definition) is 3. The summed E-state index contributed by atoms with van der Waals surface area (Å²) in [7, 11) is 0. The highest BCUT2D eigenvalue weighted by molar-refractivity contribution is 5.69. The van der Waals surface area contributed by atoms with Crippen molar-refractivity contribution in [2.24, 2.45) is 0 Å². The van der Waals surface area contributed by atoms with E-state index < -0.39 is 17.8 Å². The van der Waals surface area contributed by atoms with Crippen molar-refractivity contribution in [1.82, 2.24) is 4.98 Å². The summed E-state index contributed by atoms with van der Waals surface area (Å²) in [5, 5.41) is 2.83. The van der Waals surface area contributed by atoms with Gasteiger partial charge >= 0.3 is 6.18 Å². The maximum absolute atomic E-state index is 12.8. The Morgan fingerprint density at radius 3 is 2.38 bits per heavy atom. The van der Waals surface area contributed by atoms with Crippen LogP contribution in [0.25, 0.3) is 0 Å². The first kappa shape index (κ1) is 15.0. The third kappa shape index (κ3) is 3.59. The average Bonchev–Trinajstić information content (AvgIpc) is 2.46. The molecule has 1 aromatic carbocycles. The van der Waals surface area contributed by atoms with Crippen molar-refractivity contribution >= 4 is 17.8 Å². The van der Waals surface area contributed by atoms with Gasteiger partial charge in [0.1, 0.15) is 17.8 Å². The van der Waals surface area contributed by atoms with Crippen LogP contribution in [0.15, 0.2) is 42.5 Å². The van der Waals surface area contributed by atoms with E-state index in [-0.39, 0.29) is 5.82 Å². The SMILES string of the molecule is CC(C=O)c1ccc(C(F)(F)F)nc1Nc1ccccc1. The number of nitrogens with one attached hydrogen (secondary N) is 1. The Hall–Kier alpha value is -2.37. The molecule has 0 spiro atoms. The second-order valence-electron chi connectivity index (χ2n) is 4.55. The van der Waals surface area contributed by atoms with Crippen molar-refractivity contribution in [2.75, 3.05) is 5.32 Å². The number of halogens is 3. The minimum absolute atomic E-state index is 0.0376. The lowest BCUT2D eigenvalue weighted by atomic mass is 10.0. The zero-order chi connectivity index (χ0) is 15.5. The van der Waals surface area contributed by atoms with E-state index >= 15 is 0 Å². The Morgan fingerprint density at radius 2 is 1.81 bits per heavy atom. The topological polar surface area (TPSA) is 42.0 Å². The summed E-state index contributed by atoms with van der Waals surface area (Å²) >= 11 is 0. The van der Waals surface area contributed by atoms with E-state index in [9.17, 15) is 18.0 Å². The van der Waals surface area contributed by atoms with E-state index in [0.29, 0.717) is 17.5 Å². The average molecular weight is 294 g/mol. The van der Waals surface area contributed by atoms with Crippen LogP contribution in [0.2, 0.25) is 0 Å². The molecule has 0 radical (unpaired) electrons. The molecule has 0 aliphatic heterocycles. The summed E-state index contributed by atoms with van der Waals surface area (Å²) in [6.45, 7) is 1.60. The summed E-state index contributed by atoms with van der Waals surface area (Å²) in [6.07, 6.45) is -3.86. The molecule has 2 rings (SSSR count). The molecule has 1 heterocycles. The van der Waals surface area contributed by atoms with Crippen molar-refractivity contribution in [3.8, 4) is 0 Å². The number of alkyl halides is 3. The van der Waals surface area contributed by atoms with Gasteiger partial charge in [-0.3, -0.25) is 0 Å². The third-order valence-electron chi connectivity index (χ3n) is 2.95. The first-order valence-electron chi connectivity index (χ1n) is 6.27. The van der Waals surface area contributed by atoms with Crippen molar-refractivity contribution in [3.63, 3.8) is 0 Å². The molecule has 0 saturated heterocycles. The first-order valence-corrected chi connectivity index (χ1v) is 6.27. The van der Waals surface area contributed by atoms with Crippen LogP contribution in [0.3, 0.4) is 0 Å².